The van der Waals surface area contributed by atoms with E-state index in [1.807, 2.05) is 60.7 Å². The molecular formula is C28H29N3O4. The normalized spacial score (nSPS) is 15.6. The van der Waals surface area contributed by atoms with Crippen LogP contribution in [-0.2, 0) is 25.5 Å². The minimum absolute atomic E-state index is 0.270. The van der Waals surface area contributed by atoms with Crippen LogP contribution in [-0.4, -0.2) is 35.6 Å². The number of aryl methyl sites for hydroxylation is 1. The lowest BCUT2D eigenvalue weighted by Crippen LogP contribution is -2.32. The van der Waals surface area contributed by atoms with Crippen molar-refractivity contribution in [2.75, 3.05) is 13.7 Å². The van der Waals surface area contributed by atoms with Crippen LogP contribution in [0.2, 0.25) is 0 Å². The molecule has 180 valence electrons. The van der Waals surface area contributed by atoms with Crippen molar-refractivity contribution in [1.82, 2.24) is 15.3 Å². The molecule has 7 nitrogen and oxygen atoms in total. The fraction of sp³-hybridized carbons (Fsp3) is 0.250. The first kappa shape index (κ1) is 24.0. The second kappa shape index (κ2) is 10.9. The number of aromatic nitrogens is 2. The Labute approximate surface area is 204 Å². The third-order valence-electron chi connectivity index (χ3n) is 6.03. The molecule has 35 heavy (non-hydrogen) atoms. The fourth-order valence-corrected chi connectivity index (χ4v) is 4.34. The minimum atomic E-state index is -0.699. The number of aromatic amines is 1. The van der Waals surface area contributed by atoms with E-state index in [9.17, 15) is 9.59 Å². The van der Waals surface area contributed by atoms with Crippen molar-refractivity contribution < 1.29 is 19.1 Å². The largest absolute Gasteiger partial charge is 0.466 e. The van der Waals surface area contributed by atoms with Crippen molar-refractivity contribution in [2.45, 2.75) is 32.6 Å². The van der Waals surface area contributed by atoms with Crippen LogP contribution >= 0.6 is 0 Å². The number of nitrogens with one attached hydrogen (secondary N) is 2. The highest BCUT2D eigenvalue weighted by Gasteiger charge is 2.38. The van der Waals surface area contributed by atoms with Crippen molar-refractivity contribution in [1.29, 1.82) is 0 Å². The first-order valence-corrected chi connectivity index (χ1v) is 11.6. The van der Waals surface area contributed by atoms with Crippen LogP contribution in [0.1, 0.15) is 37.4 Å². The quantitative estimate of drug-likeness (QED) is 0.367. The van der Waals surface area contributed by atoms with E-state index in [-0.39, 0.29) is 6.61 Å². The Kier molecular flexibility index (Phi) is 7.45. The van der Waals surface area contributed by atoms with E-state index in [1.165, 1.54) is 12.7 Å². The van der Waals surface area contributed by atoms with Gasteiger partial charge in [0.15, 0.2) is 0 Å². The van der Waals surface area contributed by atoms with E-state index in [0.29, 0.717) is 40.5 Å². The SMILES string of the molecule is COC(=O)C1=C(C)NC(C)=C(C(=O)OCCCc2ccccc2)C1c1cnc(-c2ccccc2)[nH]1. The highest BCUT2D eigenvalue weighted by atomic mass is 16.5. The molecule has 7 heteroatoms. The van der Waals surface area contributed by atoms with E-state index in [4.69, 9.17) is 9.47 Å². The molecule has 1 aliphatic rings. The average Bonchev–Trinajstić information content (AvgIpc) is 3.37. The van der Waals surface area contributed by atoms with E-state index in [2.05, 4.69) is 15.3 Å². The second-order valence-corrected chi connectivity index (χ2v) is 8.41. The summed E-state index contributed by atoms with van der Waals surface area (Å²) in [5, 5.41) is 3.15. The number of benzene rings is 2. The predicted molar refractivity (Wildman–Crippen MR) is 133 cm³/mol. The van der Waals surface area contributed by atoms with Gasteiger partial charge in [-0.05, 0) is 32.3 Å². The lowest BCUT2D eigenvalue weighted by atomic mass is 9.83. The molecule has 0 saturated heterocycles. The summed E-state index contributed by atoms with van der Waals surface area (Å²) in [4.78, 5) is 33.9. The molecule has 1 unspecified atom stereocenters. The molecule has 2 aromatic carbocycles. The van der Waals surface area contributed by atoms with Crippen LogP contribution in [0.3, 0.4) is 0 Å². The molecule has 1 atom stereocenters. The van der Waals surface area contributed by atoms with E-state index in [0.717, 1.165) is 12.0 Å². The molecule has 0 saturated carbocycles. The summed E-state index contributed by atoms with van der Waals surface area (Å²) in [6.45, 7) is 3.87. The highest BCUT2D eigenvalue weighted by Crippen LogP contribution is 2.39. The molecule has 1 aliphatic heterocycles. The van der Waals surface area contributed by atoms with Crippen LogP contribution in [0.5, 0.6) is 0 Å². The number of nitrogens with zero attached hydrogens (tertiary/aromatic N) is 1. The fourth-order valence-electron chi connectivity index (χ4n) is 4.34. The van der Waals surface area contributed by atoms with Gasteiger partial charge in [-0.3, -0.25) is 0 Å². The number of imidazole rings is 1. The number of hydrogen-bond donors (Lipinski definition) is 2. The number of dihydropyridines is 1. The predicted octanol–water partition coefficient (Wildman–Crippen LogP) is 4.66. The molecule has 2 N–H and O–H groups in total. The molecule has 3 aromatic rings. The van der Waals surface area contributed by atoms with E-state index in [1.54, 1.807) is 20.0 Å². The second-order valence-electron chi connectivity index (χ2n) is 8.41. The number of carbonyl (C=O) groups excluding carboxylic acids is 2. The molecule has 2 heterocycles. The highest BCUT2D eigenvalue weighted by molar-refractivity contribution is 5.99. The van der Waals surface area contributed by atoms with Crippen molar-refractivity contribution in [2.24, 2.45) is 0 Å². The lowest BCUT2D eigenvalue weighted by molar-refractivity contribution is -0.139. The lowest BCUT2D eigenvalue weighted by Gasteiger charge is -2.29. The Balaban J connectivity index is 1.60. The van der Waals surface area contributed by atoms with Gasteiger partial charge in [0, 0.05) is 28.8 Å². The monoisotopic (exact) mass is 471 g/mol. The Morgan fingerprint density at radius 2 is 1.54 bits per heavy atom. The van der Waals surface area contributed by atoms with Gasteiger partial charge >= 0.3 is 11.9 Å². The number of hydrogen-bond acceptors (Lipinski definition) is 6. The summed E-state index contributed by atoms with van der Waals surface area (Å²) < 4.78 is 10.7. The van der Waals surface area contributed by atoms with Gasteiger partial charge < -0.3 is 19.8 Å². The number of ether oxygens (including phenoxy) is 2. The first-order valence-electron chi connectivity index (χ1n) is 11.6. The van der Waals surface area contributed by atoms with Crippen molar-refractivity contribution >= 4 is 11.9 Å². The molecule has 0 aliphatic carbocycles. The van der Waals surface area contributed by atoms with Gasteiger partial charge in [0.1, 0.15) is 5.82 Å². The van der Waals surface area contributed by atoms with Gasteiger partial charge in [0.2, 0.25) is 0 Å². The Morgan fingerprint density at radius 3 is 2.20 bits per heavy atom. The maximum Gasteiger partial charge on any atom is 0.336 e. The third-order valence-corrected chi connectivity index (χ3v) is 6.03. The number of esters is 2. The molecule has 0 radical (unpaired) electrons. The summed E-state index contributed by atoms with van der Waals surface area (Å²) in [6.07, 6.45) is 3.16. The number of allylic oxidation sites excluding steroid dienone is 2. The standard InChI is InChI=1S/C28H29N3O4/c1-18-23(27(32)34-3)25(22-17-29-26(31-22)21-14-8-5-9-15-21)24(19(2)30-18)28(33)35-16-10-13-20-11-6-4-7-12-20/h4-9,11-12,14-15,17,25,30H,10,13,16H2,1-3H3,(H,29,31). The van der Waals surface area contributed by atoms with Gasteiger partial charge in [0.25, 0.3) is 0 Å². The smallest absolute Gasteiger partial charge is 0.336 e. The van der Waals surface area contributed by atoms with Gasteiger partial charge in [-0.1, -0.05) is 60.7 Å². The summed E-state index contributed by atoms with van der Waals surface area (Å²) in [5.41, 5.74) is 4.66. The van der Waals surface area contributed by atoms with Crippen LogP contribution < -0.4 is 5.32 Å². The Morgan fingerprint density at radius 1 is 0.914 bits per heavy atom. The zero-order chi connectivity index (χ0) is 24.8. The van der Waals surface area contributed by atoms with Crippen LogP contribution in [0.25, 0.3) is 11.4 Å². The van der Waals surface area contributed by atoms with Gasteiger partial charge in [-0.2, -0.15) is 0 Å². The maximum atomic E-state index is 13.3. The Bertz CT molecular complexity index is 1260. The first-order chi connectivity index (χ1) is 17.0. The van der Waals surface area contributed by atoms with Crippen LogP contribution in [0, 0.1) is 0 Å². The van der Waals surface area contributed by atoms with Gasteiger partial charge in [-0.15, -0.1) is 0 Å². The number of methoxy groups -OCH3 is 1. The zero-order valence-corrected chi connectivity index (χ0v) is 20.1. The number of H-pyrrole nitrogens is 1. The number of carbonyl (C=O) groups is 2. The third kappa shape index (κ3) is 5.35. The van der Waals surface area contributed by atoms with Crippen LogP contribution in [0.15, 0.2) is 89.4 Å². The van der Waals surface area contributed by atoms with Crippen molar-refractivity contribution in [3.8, 4) is 11.4 Å². The molecule has 0 spiro atoms. The molecule has 0 fully saturated rings. The summed E-state index contributed by atoms with van der Waals surface area (Å²) >= 11 is 0. The topological polar surface area (TPSA) is 93.3 Å². The molecule has 0 amide bonds. The van der Waals surface area contributed by atoms with E-state index < -0.39 is 17.9 Å². The minimum Gasteiger partial charge on any atom is -0.466 e. The van der Waals surface area contributed by atoms with Crippen LogP contribution in [0.4, 0.5) is 0 Å². The van der Waals surface area contributed by atoms with Crippen molar-refractivity contribution in [3.63, 3.8) is 0 Å². The molecule has 1 aromatic heterocycles. The zero-order valence-electron chi connectivity index (χ0n) is 20.1. The number of rotatable bonds is 8. The summed E-state index contributed by atoms with van der Waals surface area (Å²) in [7, 11) is 1.33. The molecule has 0 bridgehead atoms. The summed E-state index contributed by atoms with van der Waals surface area (Å²) in [5.74, 6) is -1.04. The Hall–Kier alpha value is -4.13. The molecule has 4 rings (SSSR count). The van der Waals surface area contributed by atoms with Crippen molar-refractivity contribution in [3.05, 3.63) is 101 Å². The molecular weight excluding hydrogens is 442 g/mol. The van der Waals surface area contributed by atoms with E-state index >= 15 is 0 Å². The summed E-state index contributed by atoms with van der Waals surface area (Å²) in [6, 6.07) is 19.7. The maximum absolute atomic E-state index is 13.3. The van der Waals surface area contributed by atoms with Gasteiger partial charge in [-0.25, -0.2) is 14.6 Å². The average molecular weight is 472 g/mol. The van der Waals surface area contributed by atoms with Gasteiger partial charge in [0.05, 0.1) is 30.8 Å².